The van der Waals surface area contributed by atoms with E-state index >= 15 is 0 Å². The third kappa shape index (κ3) is 1.92. The number of nitrogens with zero attached hydrogens (tertiary/aromatic N) is 1. The van der Waals surface area contributed by atoms with Gasteiger partial charge in [0.25, 0.3) is 0 Å². The summed E-state index contributed by atoms with van der Waals surface area (Å²) >= 11 is 0. The van der Waals surface area contributed by atoms with E-state index in [2.05, 4.69) is 68.3 Å². The van der Waals surface area contributed by atoms with Gasteiger partial charge in [-0.3, -0.25) is 4.79 Å². The van der Waals surface area contributed by atoms with E-state index in [1.54, 1.807) is 6.92 Å². The average Bonchev–Trinajstić information content (AvgIpc) is 2.58. The molecular weight excluding hydrogens is 294 g/mol. The Morgan fingerprint density at radius 2 is 1.71 bits per heavy atom. The van der Waals surface area contributed by atoms with Gasteiger partial charge in [-0.15, -0.1) is 0 Å². The number of rotatable bonds is 1. The lowest BCUT2D eigenvalue weighted by Gasteiger charge is -2.41. The maximum absolute atomic E-state index is 11.7. The van der Waals surface area contributed by atoms with Crippen LogP contribution in [0.15, 0.2) is 54.6 Å². The molecule has 24 heavy (non-hydrogen) atoms. The number of carbonyl (C=O) groups excluding carboxylic acids is 1. The number of hydrogen-bond acceptors (Lipinski definition) is 2. The third-order valence-corrected chi connectivity index (χ3v) is 5.33. The number of ketones is 1. The Kier molecular flexibility index (Phi) is 3.08. The molecule has 0 unspecified atom stereocenters. The molecule has 0 saturated carbocycles. The normalized spacial score (nSPS) is 15.1. The SMILES string of the molecule is CC(=O)c1ccc2c3c(ccc2c1)N(C)c1ccccc1C3(C)C. The Bertz CT molecular complexity index is 984. The molecule has 0 aliphatic carbocycles. The molecule has 1 heterocycles. The van der Waals surface area contributed by atoms with Gasteiger partial charge in [0.15, 0.2) is 5.78 Å². The zero-order valence-electron chi connectivity index (χ0n) is 14.6. The number of benzene rings is 3. The zero-order chi connectivity index (χ0) is 17.1. The summed E-state index contributed by atoms with van der Waals surface area (Å²) in [6, 6.07) is 19.0. The molecule has 0 bridgehead atoms. The second kappa shape index (κ2) is 4.94. The predicted octanol–water partition coefficient (Wildman–Crippen LogP) is 5.45. The number of Topliss-reactive ketones (excluding diaryl/α,β-unsaturated/α-hetero) is 1. The lowest BCUT2D eigenvalue weighted by molar-refractivity contribution is 0.101. The van der Waals surface area contributed by atoms with E-state index in [1.807, 2.05) is 12.1 Å². The van der Waals surface area contributed by atoms with Crippen molar-refractivity contribution in [2.24, 2.45) is 0 Å². The van der Waals surface area contributed by atoms with Crippen LogP contribution in [0.2, 0.25) is 0 Å². The van der Waals surface area contributed by atoms with Gasteiger partial charge in [-0.2, -0.15) is 0 Å². The number of para-hydroxylation sites is 1. The van der Waals surface area contributed by atoms with E-state index in [9.17, 15) is 4.79 Å². The smallest absolute Gasteiger partial charge is 0.159 e. The summed E-state index contributed by atoms with van der Waals surface area (Å²) in [6.45, 7) is 6.19. The highest BCUT2D eigenvalue weighted by Gasteiger charge is 2.36. The van der Waals surface area contributed by atoms with Crippen LogP contribution in [0.3, 0.4) is 0 Å². The third-order valence-electron chi connectivity index (χ3n) is 5.33. The average molecular weight is 315 g/mol. The fourth-order valence-corrected chi connectivity index (χ4v) is 4.03. The van der Waals surface area contributed by atoms with Gasteiger partial charge >= 0.3 is 0 Å². The molecule has 0 N–H and O–H groups in total. The van der Waals surface area contributed by atoms with Crippen LogP contribution in [0.5, 0.6) is 0 Å². The highest BCUT2D eigenvalue weighted by Crippen LogP contribution is 2.50. The Labute approximate surface area is 142 Å². The fourth-order valence-electron chi connectivity index (χ4n) is 4.03. The van der Waals surface area contributed by atoms with Crippen molar-refractivity contribution in [3.63, 3.8) is 0 Å². The lowest BCUT2D eigenvalue weighted by atomic mass is 9.72. The van der Waals surface area contributed by atoms with Crippen molar-refractivity contribution in [3.8, 4) is 0 Å². The minimum absolute atomic E-state index is 0.0876. The van der Waals surface area contributed by atoms with Crippen LogP contribution in [0, 0.1) is 0 Å². The highest BCUT2D eigenvalue weighted by atomic mass is 16.1. The summed E-state index contributed by atoms with van der Waals surface area (Å²) in [5.41, 5.74) is 5.84. The van der Waals surface area contributed by atoms with Crippen LogP contribution < -0.4 is 4.90 Å². The van der Waals surface area contributed by atoms with Crippen molar-refractivity contribution in [1.29, 1.82) is 0 Å². The lowest BCUT2D eigenvalue weighted by Crippen LogP contribution is -2.31. The first-order valence-electron chi connectivity index (χ1n) is 8.32. The molecule has 0 saturated heterocycles. The molecule has 0 spiro atoms. The van der Waals surface area contributed by atoms with Gasteiger partial charge < -0.3 is 4.90 Å². The van der Waals surface area contributed by atoms with E-state index in [-0.39, 0.29) is 11.2 Å². The second-order valence-electron chi connectivity index (χ2n) is 7.15. The van der Waals surface area contributed by atoms with Crippen molar-refractivity contribution < 1.29 is 4.79 Å². The molecule has 4 rings (SSSR count). The fraction of sp³-hybridized carbons (Fsp3) is 0.227. The van der Waals surface area contributed by atoms with Crippen LogP contribution in [0.4, 0.5) is 11.4 Å². The van der Waals surface area contributed by atoms with Crippen LogP contribution in [-0.2, 0) is 5.41 Å². The van der Waals surface area contributed by atoms with Crippen LogP contribution in [0.25, 0.3) is 10.8 Å². The summed E-state index contributed by atoms with van der Waals surface area (Å²) in [4.78, 5) is 14.0. The second-order valence-corrected chi connectivity index (χ2v) is 7.15. The van der Waals surface area contributed by atoms with Crippen LogP contribution >= 0.6 is 0 Å². The predicted molar refractivity (Wildman–Crippen MR) is 101 cm³/mol. The summed E-state index contributed by atoms with van der Waals surface area (Å²) < 4.78 is 0. The van der Waals surface area contributed by atoms with Crippen molar-refractivity contribution in [3.05, 3.63) is 71.3 Å². The van der Waals surface area contributed by atoms with Crippen LogP contribution in [-0.4, -0.2) is 12.8 Å². The summed E-state index contributed by atoms with van der Waals surface area (Å²) in [7, 11) is 2.13. The van der Waals surface area contributed by atoms with Gasteiger partial charge in [-0.25, -0.2) is 0 Å². The minimum atomic E-state index is -0.0876. The monoisotopic (exact) mass is 315 g/mol. The molecule has 3 aromatic rings. The van der Waals surface area contributed by atoms with Crippen molar-refractivity contribution in [1.82, 2.24) is 0 Å². The Morgan fingerprint density at radius 3 is 2.46 bits per heavy atom. The Balaban J connectivity index is 2.07. The van der Waals surface area contributed by atoms with Gasteiger partial charge in [-0.1, -0.05) is 50.2 Å². The molecule has 2 nitrogen and oxygen atoms in total. The quantitative estimate of drug-likeness (QED) is 0.557. The van der Waals surface area contributed by atoms with Gasteiger partial charge in [-0.05, 0) is 47.0 Å². The number of fused-ring (bicyclic) bond motifs is 4. The molecular formula is C22H21NO. The van der Waals surface area contributed by atoms with Crippen LogP contribution in [0.1, 0.15) is 42.3 Å². The summed E-state index contributed by atoms with van der Waals surface area (Å²) in [5.74, 6) is 0.108. The van der Waals surface area contributed by atoms with E-state index in [1.165, 1.54) is 27.9 Å². The molecule has 2 heteroatoms. The maximum Gasteiger partial charge on any atom is 0.159 e. The molecule has 0 atom stereocenters. The highest BCUT2D eigenvalue weighted by molar-refractivity contribution is 6.01. The zero-order valence-corrected chi connectivity index (χ0v) is 14.6. The first kappa shape index (κ1) is 14.9. The first-order chi connectivity index (χ1) is 11.4. The molecule has 1 aliphatic heterocycles. The molecule has 120 valence electrons. The Morgan fingerprint density at radius 1 is 0.958 bits per heavy atom. The first-order valence-corrected chi connectivity index (χ1v) is 8.32. The standard InChI is InChI=1S/C22H21NO/c1-14(24)15-9-11-17-16(13-15)10-12-20-21(17)22(2,3)18-7-5-6-8-19(18)23(20)4/h5-13H,1-4H3. The van der Waals surface area contributed by atoms with Gasteiger partial charge in [0, 0.05) is 29.4 Å². The number of anilines is 2. The number of carbonyl (C=O) groups is 1. The van der Waals surface area contributed by atoms with E-state index in [0.717, 1.165) is 10.9 Å². The van der Waals surface area contributed by atoms with Crippen molar-refractivity contribution in [2.75, 3.05) is 11.9 Å². The largest absolute Gasteiger partial charge is 0.344 e. The Hall–Kier alpha value is -2.61. The minimum Gasteiger partial charge on any atom is -0.344 e. The van der Waals surface area contributed by atoms with Crippen molar-refractivity contribution >= 4 is 27.9 Å². The van der Waals surface area contributed by atoms with E-state index in [4.69, 9.17) is 0 Å². The molecule has 0 aromatic heterocycles. The van der Waals surface area contributed by atoms with E-state index in [0.29, 0.717) is 0 Å². The molecule has 0 amide bonds. The molecule has 3 aromatic carbocycles. The maximum atomic E-state index is 11.7. The molecule has 0 radical (unpaired) electrons. The van der Waals surface area contributed by atoms with Crippen molar-refractivity contribution in [2.45, 2.75) is 26.2 Å². The molecule has 1 aliphatic rings. The van der Waals surface area contributed by atoms with Gasteiger partial charge in [0.05, 0.1) is 0 Å². The number of hydrogen-bond donors (Lipinski definition) is 0. The van der Waals surface area contributed by atoms with Gasteiger partial charge in [0.1, 0.15) is 0 Å². The summed E-state index contributed by atoms with van der Waals surface area (Å²) in [5, 5.41) is 2.35. The summed E-state index contributed by atoms with van der Waals surface area (Å²) in [6.07, 6.45) is 0. The van der Waals surface area contributed by atoms with E-state index < -0.39 is 0 Å². The topological polar surface area (TPSA) is 20.3 Å². The van der Waals surface area contributed by atoms with Gasteiger partial charge in [0.2, 0.25) is 0 Å². The molecule has 0 fully saturated rings.